The molecule has 3 aromatic rings. The van der Waals surface area contributed by atoms with E-state index in [1.165, 1.54) is 11.1 Å². The number of pyridine rings is 1. The highest BCUT2D eigenvalue weighted by Crippen LogP contribution is 2.44. The van der Waals surface area contributed by atoms with Crippen LogP contribution in [-0.4, -0.2) is 40.1 Å². The number of amides is 1. The first-order valence-electron chi connectivity index (χ1n) is 9.64. The Kier molecular flexibility index (Phi) is 4.89. The molecule has 0 bridgehead atoms. The van der Waals surface area contributed by atoms with Gasteiger partial charge in [0.05, 0.1) is 23.3 Å². The molecule has 2 fully saturated rings. The molecule has 0 spiro atoms. The summed E-state index contributed by atoms with van der Waals surface area (Å²) in [7, 11) is 0. The molecule has 6 heteroatoms. The Bertz CT molecular complexity index is 1030. The smallest absolute Gasteiger partial charge is 0.258 e. The molecule has 2 aliphatic heterocycles. The molecule has 1 N–H and O–H groups in total. The minimum absolute atomic E-state index is 0. The first-order valence-corrected chi connectivity index (χ1v) is 9.64. The van der Waals surface area contributed by atoms with Crippen LogP contribution >= 0.6 is 12.4 Å². The Morgan fingerprint density at radius 1 is 1.14 bits per heavy atom. The summed E-state index contributed by atoms with van der Waals surface area (Å²) in [6.07, 6.45) is 3.69. The Balaban J connectivity index is 0.00000192. The van der Waals surface area contributed by atoms with E-state index in [-0.39, 0.29) is 24.4 Å². The second kappa shape index (κ2) is 7.22. The van der Waals surface area contributed by atoms with Crippen LogP contribution in [0.25, 0.3) is 5.52 Å². The summed E-state index contributed by atoms with van der Waals surface area (Å²) in [5, 5.41) is 7.94. The topological polar surface area (TPSA) is 49.6 Å². The number of aryl methyl sites for hydroxylation is 2. The highest BCUT2D eigenvalue weighted by atomic mass is 35.5. The number of benzene rings is 1. The van der Waals surface area contributed by atoms with Gasteiger partial charge in [-0.05, 0) is 42.5 Å². The number of aromatic nitrogens is 2. The minimum Gasteiger partial charge on any atom is -0.331 e. The van der Waals surface area contributed by atoms with Gasteiger partial charge in [-0.25, -0.2) is 4.52 Å². The van der Waals surface area contributed by atoms with Crippen LogP contribution in [0.2, 0.25) is 0 Å². The number of carbonyl (C=O) groups excluding carboxylic acids is 1. The summed E-state index contributed by atoms with van der Waals surface area (Å²) in [5.41, 5.74) is 5.23. The third-order valence-electron chi connectivity index (χ3n) is 6.23. The fourth-order valence-corrected chi connectivity index (χ4v) is 4.85. The number of likely N-dealkylation sites (tertiary alicyclic amines) is 1. The summed E-state index contributed by atoms with van der Waals surface area (Å²) in [6.45, 7) is 6.95. The number of halogens is 1. The molecule has 2 aliphatic rings. The third-order valence-corrected chi connectivity index (χ3v) is 6.23. The van der Waals surface area contributed by atoms with E-state index in [1.807, 2.05) is 29.8 Å². The Hall–Kier alpha value is -2.37. The summed E-state index contributed by atoms with van der Waals surface area (Å²) in [4.78, 5) is 15.7. The maximum atomic E-state index is 13.6. The molecule has 2 saturated heterocycles. The summed E-state index contributed by atoms with van der Waals surface area (Å²) in [6, 6.07) is 12.6. The maximum absolute atomic E-state index is 13.6. The first kappa shape index (κ1) is 19.0. The molecule has 146 valence electrons. The quantitative estimate of drug-likeness (QED) is 0.722. The molecule has 0 unspecified atom stereocenters. The van der Waals surface area contributed by atoms with Crippen molar-refractivity contribution in [1.29, 1.82) is 0 Å². The van der Waals surface area contributed by atoms with Crippen LogP contribution in [0.1, 0.15) is 33.1 Å². The zero-order valence-electron chi connectivity index (χ0n) is 16.1. The third kappa shape index (κ3) is 2.90. The SMILES string of the molecule is Cc1ccc2c(C(=O)N3C[C@@H]4CNC[C@@H]4[C@H]3c3ccccc3C)cnn2c1.Cl. The minimum atomic E-state index is 0. The second-order valence-electron chi connectivity index (χ2n) is 7.94. The van der Waals surface area contributed by atoms with E-state index in [0.717, 1.165) is 30.7 Å². The van der Waals surface area contributed by atoms with Crippen LogP contribution in [0, 0.1) is 25.7 Å². The van der Waals surface area contributed by atoms with Crippen molar-refractivity contribution in [2.45, 2.75) is 19.9 Å². The predicted octanol–water partition coefficient (Wildman–Crippen LogP) is 3.41. The number of hydrogen-bond donors (Lipinski definition) is 1. The highest BCUT2D eigenvalue weighted by Gasteiger charge is 2.47. The van der Waals surface area contributed by atoms with Crippen molar-refractivity contribution in [3.63, 3.8) is 0 Å². The molecule has 4 heterocycles. The maximum Gasteiger partial charge on any atom is 0.258 e. The molecule has 28 heavy (non-hydrogen) atoms. The van der Waals surface area contributed by atoms with E-state index in [1.54, 1.807) is 6.20 Å². The standard InChI is InChI=1S/C22H24N4O.ClH/c1-14-7-8-20-19(11-24-26(20)12-14)22(27)25-13-16-9-23-10-18(16)21(25)17-6-4-3-5-15(17)2;/h3-8,11-12,16,18,21,23H,9-10,13H2,1-2H3;1H/t16-,18-,21+;/m0./s1. The molecular weight excluding hydrogens is 372 g/mol. The van der Waals surface area contributed by atoms with Gasteiger partial charge in [-0.15, -0.1) is 12.4 Å². The van der Waals surface area contributed by atoms with Gasteiger partial charge in [-0.2, -0.15) is 5.10 Å². The van der Waals surface area contributed by atoms with Crippen molar-refractivity contribution in [1.82, 2.24) is 19.8 Å². The van der Waals surface area contributed by atoms with E-state index < -0.39 is 0 Å². The van der Waals surface area contributed by atoms with Crippen LogP contribution in [0.3, 0.4) is 0 Å². The molecule has 0 aliphatic carbocycles. The van der Waals surface area contributed by atoms with Crippen molar-refractivity contribution in [3.05, 3.63) is 71.0 Å². The van der Waals surface area contributed by atoms with Gasteiger partial charge in [0, 0.05) is 31.7 Å². The Labute approximate surface area is 171 Å². The highest BCUT2D eigenvalue weighted by molar-refractivity contribution is 6.01. The zero-order valence-corrected chi connectivity index (χ0v) is 16.9. The molecule has 5 rings (SSSR count). The van der Waals surface area contributed by atoms with E-state index in [0.29, 0.717) is 17.4 Å². The van der Waals surface area contributed by atoms with Crippen molar-refractivity contribution in [3.8, 4) is 0 Å². The lowest BCUT2D eigenvalue weighted by molar-refractivity contribution is 0.0715. The number of nitrogens with zero attached hydrogens (tertiary/aromatic N) is 3. The van der Waals surface area contributed by atoms with E-state index in [9.17, 15) is 4.79 Å². The van der Waals surface area contributed by atoms with Crippen LogP contribution in [0.4, 0.5) is 0 Å². The lowest BCUT2D eigenvalue weighted by atomic mass is 9.87. The summed E-state index contributed by atoms with van der Waals surface area (Å²) >= 11 is 0. The number of nitrogens with one attached hydrogen (secondary N) is 1. The fourth-order valence-electron chi connectivity index (χ4n) is 4.85. The van der Waals surface area contributed by atoms with Gasteiger partial charge >= 0.3 is 0 Å². The normalized spacial score (nSPS) is 23.6. The number of rotatable bonds is 2. The molecular formula is C22H25ClN4O. The van der Waals surface area contributed by atoms with Crippen LogP contribution in [0.15, 0.2) is 48.8 Å². The molecule has 1 amide bonds. The van der Waals surface area contributed by atoms with Crippen molar-refractivity contribution in [2.24, 2.45) is 11.8 Å². The van der Waals surface area contributed by atoms with Gasteiger partial charge in [0.1, 0.15) is 0 Å². The van der Waals surface area contributed by atoms with Crippen LogP contribution < -0.4 is 5.32 Å². The Morgan fingerprint density at radius 2 is 1.96 bits per heavy atom. The molecule has 0 saturated carbocycles. The Morgan fingerprint density at radius 3 is 2.79 bits per heavy atom. The summed E-state index contributed by atoms with van der Waals surface area (Å²) < 4.78 is 1.81. The van der Waals surface area contributed by atoms with Crippen molar-refractivity contribution >= 4 is 23.8 Å². The van der Waals surface area contributed by atoms with Gasteiger partial charge in [0.25, 0.3) is 5.91 Å². The second-order valence-corrected chi connectivity index (χ2v) is 7.94. The molecule has 5 nitrogen and oxygen atoms in total. The van der Waals surface area contributed by atoms with Gasteiger partial charge in [0.2, 0.25) is 0 Å². The van der Waals surface area contributed by atoms with Gasteiger partial charge in [0.15, 0.2) is 0 Å². The first-order chi connectivity index (χ1) is 13.1. The monoisotopic (exact) mass is 396 g/mol. The van der Waals surface area contributed by atoms with Crippen molar-refractivity contribution < 1.29 is 4.79 Å². The van der Waals surface area contributed by atoms with E-state index in [2.05, 4.69) is 46.5 Å². The average molecular weight is 397 g/mol. The lowest BCUT2D eigenvalue weighted by Crippen LogP contribution is -2.35. The number of hydrogen-bond acceptors (Lipinski definition) is 3. The van der Waals surface area contributed by atoms with Gasteiger partial charge < -0.3 is 10.2 Å². The predicted molar refractivity (Wildman–Crippen MR) is 112 cm³/mol. The van der Waals surface area contributed by atoms with Crippen LogP contribution in [-0.2, 0) is 0 Å². The molecule has 2 aromatic heterocycles. The average Bonchev–Trinajstić information content (AvgIpc) is 3.35. The van der Waals surface area contributed by atoms with E-state index in [4.69, 9.17) is 0 Å². The lowest BCUT2D eigenvalue weighted by Gasteiger charge is -2.29. The van der Waals surface area contributed by atoms with Gasteiger partial charge in [-0.3, -0.25) is 4.79 Å². The van der Waals surface area contributed by atoms with Crippen molar-refractivity contribution in [2.75, 3.05) is 19.6 Å². The molecule has 3 atom stereocenters. The molecule has 1 aromatic carbocycles. The largest absolute Gasteiger partial charge is 0.331 e. The molecule has 0 radical (unpaired) electrons. The van der Waals surface area contributed by atoms with Gasteiger partial charge in [-0.1, -0.05) is 30.3 Å². The fraction of sp³-hybridized carbons (Fsp3) is 0.364. The zero-order chi connectivity index (χ0) is 18.5. The van der Waals surface area contributed by atoms with Crippen LogP contribution in [0.5, 0.6) is 0 Å². The van der Waals surface area contributed by atoms with E-state index >= 15 is 0 Å². The number of carbonyl (C=O) groups is 1. The summed E-state index contributed by atoms with van der Waals surface area (Å²) in [5.74, 6) is 1.08. The number of fused-ring (bicyclic) bond motifs is 2.